The monoisotopic (exact) mass is 273 g/mol. The number of nitrogens with zero attached hydrogens (tertiary/aromatic N) is 1. The molecule has 100 valence electrons. The lowest BCUT2D eigenvalue weighted by Gasteiger charge is -2.07. The number of rotatable bonds is 4. The lowest BCUT2D eigenvalue weighted by Crippen LogP contribution is -2.14. The Morgan fingerprint density at radius 1 is 1.37 bits per heavy atom. The zero-order chi connectivity index (χ0) is 13.2. The molecule has 0 saturated heterocycles. The minimum atomic E-state index is 0.289. The first-order valence-electron chi connectivity index (χ1n) is 7.13. The second kappa shape index (κ2) is 5.41. The van der Waals surface area contributed by atoms with Crippen molar-refractivity contribution in [3.8, 4) is 0 Å². The van der Waals surface area contributed by atoms with E-state index < -0.39 is 0 Å². The Morgan fingerprint density at radius 2 is 2.21 bits per heavy atom. The van der Waals surface area contributed by atoms with Gasteiger partial charge in [-0.05, 0) is 37.3 Å². The highest BCUT2D eigenvalue weighted by atomic mass is 32.1. The molecule has 1 aromatic carbocycles. The van der Waals surface area contributed by atoms with E-state index in [1.165, 1.54) is 17.5 Å². The molecule has 1 aliphatic rings. The van der Waals surface area contributed by atoms with Crippen LogP contribution in [0.2, 0.25) is 0 Å². The summed E-state index contributed by atoms with van der Waals surface area (Å²) in [7, 11) is 0. The summed E-state index contributed by atoms with van der Waals surface area (Å²) < 4.78 is 1.18. The third-order valence-corrected chi connectivity index (χ3v) is 5.27. The summed E-state index contributed by atoms with van der Waals surface area (Å²) in [4.78, 5) is 16.9. The third-order valence-electron chi connectivity index (χ3n) is 4.24. The molecular weight excluding hydrogens is 254 g/mol. The highest BCUT2D eigenvalue weighted by Gasteiger charge is 2.29. The van der Waals surface area contributed by atoms with Gasteiger partial charge in [-0.15, -0.1) is 11.3 Å². The average Bonchev–Trinajstić information content (AvgIpc) is 3.04. The predicted octanol–water partition coefficient (Wildman–Crippen LogP) is 4.23. The van der Waals surface area contributed by atoms with Crippen LogP contribution in [0.3, 0.4) is 0 Å². The van der Waals surface area contributed by atoms with Gasteiger partial charge in [0.15, 0.2) is 0 Å². The van der Waals surface area contributed by atoms with Gasteiger partial charge in [-0.2, -0.15) is 0 Å². The summed E-state index contributed by atoms with van der Waals surface area (Å²) >= 11 is 1.66. The van der Waals surface area contributed by atoms with Crippen molar-refractivity contribution < 1.29 is 4.79 Å². The number of thiazole rings is 1. The van der Waals surface area contributed by atoms with Crippen LogP contribution in [0, 0.1) is 11.8 Å². The molecule has 19 heavy (non-hydrogen) atoms. The molecule has 1 fully saturated rings. The Hall–Kier alpha value is -1.22. The Morgan fingerprint density at radius 3 is 2.95 bits per heavy atom. The number of hydrogen-bond acceptors (Lipinski definition) is 3. The molecule has 1 aromatic heterocycles. The smallest absolute Gasteiger partial charge is 0.142 e. The van der Waals surface area contributed by atoms with E-state index in [-0.39, 0.29) is 5.92 Å². The van der Waals surface area contributed by atoms with Crippen molar-refractivity contribution in [3.05, 3.63) is 29.3 Å². The molecule has 0 N–H and O–H groups in total. The quantitative estimate of drug-likeness (QED) is 0.834. The van der Waals surface area contributed by atoms with Crippen molar-refractivity contribution in [1.82, 2.24) is 4.98 Å². The van der Waals surface area contributed by atoms with Crippen LogP contribution in [0.25, 0.3) is 10.2 Å². The van der Waals surface area contributed by atoms with Crippen LogP contribution in [0.15, 0.2) is 24.3 Å². The lowest BCUT2D eigenvalue weighted by molar-refractivity contribution is -0.122. The van der Waals surface area contributed by atoms with E-state index in [0.29, 0.717) is 12.2 Å². The summed E-state index contributed by atoms with van der Waals surface area (Å²) in [6, 6.07) is 8.11. The number of Topliss-reactive ketones (excluding diaryl/α,β-unsaturated/α-hetero) is 1. The number of benzene rings is 1. The Bertz CT molecular complexity index is 556. The maximum atomic E-state index is 12.3. The van der Waals surface area contributed by atoms with Crippen molar-refractivity contribution >= 4 is 27.3 Å². The Kier molecular flexibility index (Phi) is 3.65. The molecule has 1 heterocycles. The third kappa shape index (κ3) is 2.71. The molecule has 0 spiro atoms. The first-order valence-corrected chi connectivity index (χ1v) is 7.95. The maximum absolute atomic E-state index is 12.3. The minimum Gasteiger partial charge on any atom is -0.299 e. The highest BCUT2D eigenvalue weighted by molar-refractivity contribution is 7.18. The number of fused-ring (bicyclic) bond motifs is 1. The Labute approximate surface area is 117 Å². The molecule has 3 rings (SSSR count). The van der Waals surface area contributed by atoms with E-state index in [1.54, 1.807) is 11.3 Å². The fraction of sp³-hybridized carbons (Fsp3) is 0.500. The standard InChI is InChI=1S/C16H19NOS/c1-2-11-7-8-12(9-11)14(18)10-16-17-13-5-3-4-6-15(13)19-16/h3-6,11-12H,2,7-10H2,1H3. The lowest BCUT2D eigenvalue weighted by atomic mass is 9.98. The normalized spacial score (nSPS) is 23.0. The molecule has 1 saturated carbocycles. The summed E-state index contributed by atoms with van der Waals surface area (Å²) in [5.74, 6) is 1.45. The number of para-hydroxylation sites is 1. The summed E-state index contributed by atoms with van der Waals surface area (Å²) in [5, 5.41) is 0.978. The van der Waals surface area contributed by atoms with Crippen LogP contribution in [0.1, 0.15) is 37.6 Å². The van der Waals surface area contributed by atoms with Crippen molar-refractivity contribution in [2.45, 2.75) is 39.0 Å². The number of ketones is 1. The van der Waals surface area contributed by atoms with Crippen LogP contribution in [0.5, 0.6) is 0 Å². The van der Waals surface area contributed by atoms with Crippen molar-refractivity contribution in [1.29, 1.82) is 0 Å². The molecule has 0 aliphatic heterocycles. The van der Waals surface area contributed by atoms with E-state index in [1.807, 2.05) is 18.2 Å². The minimum absolute atomic E-state index is 0.289. The molecule has 0 radical (unpaired) electrons. The maximum Gasteiger partial charge on any atom is 0.142 e. The van der Waals surface area contributed by atoms with Crippen LogP contribution in [0.4, 0.5) is 0 Å². The molecule has 2 nitrogen and oxygen atoms in total. The zero-order valence-electron chi connectivity index (χ0n) is 11.3. The van der Waals surface area contributed by atoms with E-state index in [4.69, 9.17) is 0 Å². The van der Waals surface area contributed by atoms with Gasteiger partial charge in [0.1, 0.15) is 10.8 Å². The van der Waals surface area contributed by atoms with Gasteiger partial charge in [0.25, 0.3) is 0 Å². The van der Waals surface area contributed by atoms with E-state index in [0.717, 1.165) is 29.3 Å². The number of carbonyl (C=O) groups is 1. The van der Waals surface area contributed by atoms with Gasteiger partial charge in [0.2, 0.25) is 0 Å². The zero-order valence-corrected chi connectivity index (χ0v) is 12.1. The molecule has 0 bridgehead atoms. The summed E-state index contributed by atoms with van der Waals surface area (Å²) in [6.07, 6.45) is 5.15. The van der Waals surface area contributed by atoms with Crippen LogP contribution in [-0.4, -0.2) is 10.8 Å². The molecule has 1 aliphatic carbocycles. The largest absolute Gasteiger partial charge is 0.299 e. The summed E-state index contributed by atoms with van der Waals surface area (Å²) in [6.45, 7) is 2.23. The van der Waals surface area contributed by atoms with Crippen molar-refractivity contribution in [2.75, 3.05) is 0 Å². The number of carbonyl (C=O) groups excluding carboxylic acids is 1. The van der Waals surface area contributed by atoms with Crippen LogP contribution >= 0.6 is 11.3 Å². The van der Waals surface area contributed by atoms with Gasteiger partial charge < -0.3 is 0 Å². The molecule has 2 unspecified atom stereocenters. The second-order valence-electron chi connectivity index (χ2n) is 5.50. The van der Waals surface area contributed by atoms with Gasteiger partial charge in [-0.3, -0.25) is 4.79 Å². The SMILES string of the molecule is CCC1CCC(C(=O)Cc2nc3ccccc3s2)C1. The van der Waals surface area contributed by atoms with E-state index in [2.05, 4.69) is 18.0 Å². The molecule has 0 amide bonds. The Balaban J connectivity index is 1.69. The summed E-state index contributed by atoms with van der Waals surface area (Å²) in [5.41, 5.74) is 1.02. The number of aromatic nitrogens is 1. The van der Waals surface area contributed by atoms with Gasteiger partial charge in [-0.1, -0.05) is 25.5 Å². The molecular formula is C16H19NOS. The van der Waals surface area contributed by atoms with E-state index in [9.17, 15) is 4.79 Å². The van der Waals surface area contributed by atoms with Gasteiger partial charge >= 0.3 is 0 Å². The molecule has 2 atom stereocenters. The van der Waals surface area contributed by atoms with Crippen LogP contribution < -0.4 is 0 Å². The second-order valence-corrected chi connectivity index (χ2v) is 6.62. The van der Waals surface area contributed by atoms with Crippen molar-refractivity contribution in [2.24, 2.45) is 11.8 Å². The van der Waals surface area contributed by atoms with Crippen LogP contribution in [-0.2, 0) is 11.2 Å². The molecule has 3 heteroatoms. The first-order chi connectivity index (χ1) is 9.26. The van der Waals surface area contributed by atoms with E-state index >= 15 is 0 Å². The fourth-order valence-electron chi connectivity index (χ4n) is 3.03. The predicted molar refractivity (Wildman–Crippen MR) is 79.5 cm³/mol. The average molecular weight is 273 g/mol. The topological polar surface area (TPSA) is 30.0 Å². The van der Waals surface area contributed by atoms with Crippen molar-refractivity contribution in [3.63, 3.8) is 0 Å². The first kappa shape index (κ1) is 12.8. The molecule has 2 aromatic rings. The van der Waals surface area contributed by atoms with Gasteiger partial charge in [0.05, 0.1) is 16.6 Å². The van der Waals surface area contributed by atoms with Gasteiger partial charge in [0, 0.05) is 5.92 Å². The fourth-order valence-corrected chi connectivity index (χ4v) is 4.00. The number of hydrogen-bond donors (Lipinski definition) is 0. The van der Waals surface area contributed by atoms with Gasteiger partial charge in [-0.25, -0.2) is 4.98 Å². The highest BCUT2D eigenvalue weighted by Crippen LogP contribution is 2.34.